The molecule has 1 heterocycles. The number of rotatable bonds is 5. The number of nitrogens with one attached hydrogen (secondary N) is 1. The highest BCUT2D eigenvalue weighted by Gasteiger charge is 2.25. The summed E-state index contributed by atoms with van der Waals surface area (Å²) in [5.41, 5.74) is 0.794. The molecule has 1 amide bonds. The molecule has 0 aliphatic carbocycles. The van der Waals surface area contributed by atoms with Gasteiger partial charge in [-0.2, -0.15) is 5.10 Å². The minimum absolute atomic E-state index is 0.0725. The van der Waals surface area contributed by atoms with Crippen LogP contribution < -0.4 is 5.32 Å². The average molecular weight is 239 g/mol. The molecular formula is C12H21N3O2. The van der Waals surface area contributed by atoms with Crippen molar-refractivity contribution in [2.24, 2.45) is 7.05 Å². The fourth-order valence-corrected chi connectivity index (χ4v) is 1.57. The van der Waals surface area contributed by atoms with Gasteiger partial charge >= 0.3 is 0 Å². The summed E-state index contributed by atoms with van der Waals surface area (Å²) >= 11 is 0. The third-order valence-corrected chi connectivity index (χ3v) is 3.03. The lowest BCUT2D eigenvalue weighted by molar-refractivity contribution is 0.0846. The smallest absolute Gasteiger partial charge is 0.255 e. The van der Waals surface area contributed by atoms with Gasteiger partial charge in [-0.25, -0.2) is 0 Å². The van der Waals surface area contributed by atoms with E-state index in [0.717, 1.165) is 5.69 Å². The number of carbonyl (C=O) groups is 1. The maximum Gasteiger partial charge on any atom is 0.255 e. The third kappa shape index (κ3) is 3.06. The van der Waals surface area contributed by atoms with Gasteiger partial charge in [0.1, 0.15) is 0 Å². The summed E-state index contributed by atoms with van der Waals surface area (Å²) in [5, 5.41) is 16.4. The zero-order valence-corrected chi connectivity index (χ0v) is 10.9. The number of aliphatic hydroxyl groups excluding tert-OH is 1. The van der Waals surface area contributed by atoms with E-state index in [9.17, 15) is 9.90 Å². The van der Waals surface area contributed by atoms with Crippen LogP contribution in [0.3, 0.4) is 0 Å². The lowest BCUT2D eigenvalue weighted by Crippen LogP contribution is -2.48. The van der Waals surface area contributed by atoms with Gasteiger partial charge in [-0.05, 0) is 19.8 Å². The van der Waals surface area contributed by atoms with Gasteiger partial charge < -0.3 is 10.4 Å². The number of carbonyl (C=O) groups excluding carboxylic acids is 1. The lowest BCUT2D eigenvalue weighted by atomic mass is 9.99. The molecule has 5 nitrogen and oxygen atoms in total. The summed E-state index contributed by atoms with van der Waals surface area (Å²) in [6.45, 7) is 5.65. The number of hydrogen-bond acceptors (Lipinski definition) is 3. The molecule has 1 aromatic heterocycles. The highest BCUT2D eigenvalue weighted by Crippen LogP contribution is 2.12. The summed E-state index contributed by atoms with van der Waals surface area (Å²) in [7, 11) is 1.79. The van der Waals surface area contributed by atoms with Crippen LogP contribution in [0.15, 0.2) is 6.20 Å². The first-order chi connectivity index (χ1) is 7.95. The lowest BCUT2D eigenvalue weighted by Gasteiger charge is -2.27. The van der Waals surface area contributed by atoms with Gasteiger partial charge in [0, 0.05) is 13.2 Å². The number of aliphatic hydroxyl groups is 1. The van der Waals surface area contributed by atoms with Crippen molar-refractivity contribution in [3.8, 4) is 0 Å². The topological polar surface area (TPSA) is 67.2 Å². The van der Waals surface area contributed by atoms with Crippen LogP contribution in [-0.2, 0) is 13.5 Å². The monoisotopic (exact) mass is 239 g/mol. The maximum absolute atomic E-state index is 12.1. The van der Waals surface area contributed by atoms with Crippen molar-refractivity contribution >= 4 is 5.91 Å². The Labute approximate surface area is 102 Å². The Morgan fingerprint density at radius 1 is 1.59 bits per heavy atom. The van der Waals surface area contributed by atoms with Gasteiger partial charge in [0.15, 0.2) is 0 Å². The molecule has 1 aromatic rings. The van der Waals surface area contributed by atoms with Crippen molar-refractivity contribution in [2.45, 2.75) is 39.2 Å². The van der Waals surface area contributed by atoms with E-state index in [0.29, 0.717) is 18.4 Å². The minimum Gasteiger partial charge on any atom is -0.394 e. The first-order valence-corrected chi connectivity index (χ1v) is 5.91. The molecular weight excluding hydrogens is 218 g/mol. The molecule has 0 aromatic carbocycles. The predicted octanol–water partition coefficient (Wildman–Crippen LogP) is 0.873. The van der Waals surface area contributed by atoms with Gasteiger partial charge in [0.25, 0.3) is 5.91 Å². The van der Waals surface area contributed by atoms with E-state index in [4.69, 9.17) is 0 Å². The van der Waals surface area contributed by atoms with Crippen LogP contribution in [0.1, 0.15) is 43.2 Å². The first-order valence-electron chi connectivity index (χ1n) is 5.91. The Morgan fingerprint density at radius 3 is 2.71 bits per heavy atom. The summed E-state index contributed by atoms with van der Waals surface area (Å²) < 4.78 is 1.63. The van der Waals surface area contributed by atoms with Crippen LogP contribution in [0.25, 0.3) is 0 Å². The molecule has 0 aliphatic rings. The van der Waals surface area contributed by atoms with E-state index in [1.54, 1.807) is 17.9 Å². The van der Waals surface area contributed by atoms with Crippen molar-refractivity contribution < 1.29 is 9.90 Å². The molecule has 2 N–H and O–H groups in total. The van der Waals surface area contributed by atoms with Crippen LogP contribution in [0, 0.1) is 0 Å². The van der Waals surface area contributed by atoms with Crippen molar-refractivity contribution in [3.63, 3.8) is 0 Å². The average Bonchev–Trinajstić information content (AvgIpc) is 2.70. The number of hydrogen-bond donors (Lipinski definition) is 2. The van der Waals surface area contributed by atoms with Gasteiger partial charge in [0.2, 0.25) is 0 Å². The Bertz CT molecular complexity index is 394. The van der Waals surface area contributed by atoms with Crippen LogP contribution in [-0.4, -0.2) is 32.9 Å². The third-order valence-electron chi connectivity index (χ3n) is 3.03. The summed E-state index contributed by atoms with van der Waals surface area (Å²) in [6, 6.07) is 0. The zero-order valence-electron chi connectivity index (χ0n) is 10.9. The Morgan fingerprint density at radius 2 is 2.24 bits per heavy atom. The molecule has 96 valence electrons. The minimum atomic E-state index is -0.571. The molecule has 0 bridgehead atoms. The largest absolute Gasteiger partial charge is 0.394 e. The fourth-order valence-electron chi connectivity index (χ4n) is 1.57. The molecule has 1 rings (SSSR count). The molecule has 0 fully saturated rings. The predicted molar refractivity (Wildman–Crippen MR) is 65.8 cm³/mol. The molecule has 5 heteroatoms. The number of nitrogens with zero attached hydrogens (tertiary/aromatic N) is 2. The maximum atomic E-state index is 12.1. The highest BCUT2D eigenvalue weighted by molar-refractivity contribution is 5.95. The molecule has 1 atom stereocenters. The normalized spacial score (nSPS) is 14.4. The van der Waals surface area contributed by atoms with Gasteiger partial charge in [-0.15, -0.1) is 0 Å². The first kappa shape index (κ1) is 13.7. The molecule has 0 radical (unpaired) electrons. The second-order valence-corrected chi connectivity index (χ2v) is 4.54. The van der Waals surface area contributed by atoms with Crippen LogP contribution in [0.2, 0.25) is 0 Å². The molecule has 0 saturated heterocycles. The van der Waals surface area contributed by atoms with E-state index >= 15 is 0 Å². The molecule has 0 spiro atoms. The Hall–Kier alpha value is -1.36. The number of aryl methyl sites for hydroxylation is 2. The Kier molecular flexibility index (Phi) is 4.28. The van der Waals surface area contributed by atoms with Gasteiger partial charge in [0.05, 0.1) is 23.4 Å². The van der Waals surface area contributed by atoms with E-state index in [-0.39, 0.29) is 12.5 Å². The molecule has 0 saturated carbocycles. The molecule has 17 heavy (non-hydrogen) atoms. The van der Waals surface area contributed by atoms with Crippen LogP contribution >= 0.6 is 0 Å². The van der Waals surface area contributed by atoms with Gasteiger partial charge in [-0.3, -0.25) is 9.48 Å². The van der Waals surface area contributed by atoms with Crippen molar-refractivity contribution in [1.82, 2.24) is 15.1 Å². The van der Waals surface area contributed by atoms with Crippen LogP contribution in [0.4, 0.5) is 0 Å². The standard InChI is InChI=1S/C12H21N3O2/c1-5-10-9(7-15(4)14-10)11(17)13-12(3,6-2)8-16/h7,16H,5-6,8H2,1-4H3,(H,13,17). The number of aromatic nitrogens is 2. The molecule has 1 unspecified atom stereocenters. The fraction of sp³-hybridized carbons (Fsp3) is 0.667. The second kappa shape index (κ2) is 5.31. The van der Waals surface area contributed by atoms with Crippen LogP contribution in [0.5, 0.6) is 0 Å². The SMILES string of the molecule is CCc1nn(C)cc1C(=O)NC(C)(CC)CO. The summed E-state index contributed by atoms with van der Waals surface area (Å²) in [5.74, 6) is -0.173. The number of amides is 1. The Balaban J connectivity index is 2.89. The quantitative estimate of drug-likeness (QED) is 0.801. The zero-order chi connectivity index (χ0) is 13.1. The second-order valence-electron chi connectivity index (χ2n) is 4.54. The van der Waals surface area contributed by atoms with E-state index in [2.05, 4.69) is 10.4 Å². The van der Waals surface area contributed by atoms with Crippen molar-refractivity contribution in [1.29, 1.82) is 0 Å². The van der Waals surface area contributed by atoms with E-state index < -0.39 is 5.54 Å². The van der Waals surface area contributed by atoms with Crippen molar-refractivity contribution in [3.05, 3.63) is 17.5 Å². The van der Waals surface area contributed by atoms with Gasteiger partial charge in [-0.1, -0.05) is 13.8 Å². The molecule has 0 aliphatic heterocycles. The highest BCUT2D eigenvalue weighted by atomic mass is 16.3. The van der Waals surface area contributed by atoms with E-state index in [1.165, 1.54) is 0 Å². The summed E-state index contributed by atoms with van der Waals surface area (Å²) in [4.78, 5) is 12.1. The van der Waals surface area contributed by atoms with Crippen molar-refractivity contribution in [2.75, 3.05) is 6.61 Å². The summed E-state index contributed by atoms with van der Waals surface area (Å²) in [6.07, 6.45) is 3.10. The van der Waals surface area contributed by atoms with E-state index in [1.807, 2.05) is 20.8 Å².